The Morgan fingerprint density at radius 3 is 2.47 bits per heavy atom. The van der Waals surface area contributed by atoms with E-state index in [0.717, 1.165) is 30.7 Å². The molecule has 19 heavy (non-hydrogen) atoms. The second-order valence-electron chi connectivity index (χ2n) is 4.61. The zero-order chi connectivity index (χ0) is 14.1. The molecule has 0 fully saturated rings. The van der Waals surface area contributed by atoms with Gasteiger partial charge in [0.2, 0.25) is 5.91 Å². The normalized spacial score (nSPS) is 14.0. The summed E-state index contributed by atoms with van der Waals surface area (Å²) in [6, 6.07) is 9.80. The van der Waals surface area contributed by atoms with Gasteiger partial charge >= 0.3 is 0 Å². The highest BCUT2D eigenvalue weighted by Crippen LogP contribution is 2.26. The Labute approximate surface area is 120 Å². The molecule has 1 atom stereocenters. The van der Waals surface area contributed by atoms with Crippen molar-refractivity contribution in [1.29, 1.82) is 0 Å². The van der Waals surface area contributed by atoms with E-state index < -0.39 is 5.54 Å². The summed E-state index contributed by atoms with van der Waals surface area (Å²) in [6.07, 6.45) is 2.07. The monoisotopic (exact) mass is 280 g/mol. The zero-order valence-electron chi connectivity index (χ0n) is 11.8. The van der Waals surface area contributed by atoms with Crippen molar-refractivity contribution in [3.05, 3.63) is 35.9 Å². The molecular formula is C15H24N2OS. The van der Waals surface area contributed by atoms with Crippen molar-refractivity contribution in [3.63, 3.8) is 0 Å². The minimum Gasteiger partial charge on any atom is -0.368 e. The van der Waals surface area contributed by atoms with E-state index in [9.17, 15) is 4.79 Å². The van der Waals surface area contributed by atoms with Crippen LogP contribution in [-0.4, -0.2) is 24.0 Å². The first-order chi connectivity index (χ1) is 9.17. The van der Waals surface area contributed by atoms with Crippen molar-refractivity contribution in [1.82, 2.24) is 5.32 Å². The van der Waals surface area contributed by atoms with E-state index in [1.54, 1.807) is 11.8 Å². The van der Waals surface area contributed by atoms with Crippen LogP contribution in [0.4, 0.5) is 0 Å². The maximum absolute atomic E-state index is 12.1. The molecule has 1 aromatic carbocycles. The molecule has 1 rings (SSSR count). The lowest BCUT2D eigenvalue weighted by molar-refractivity contribution is -0.123. The SMILES string of the molecule is CCCNC(CSCCC)(C(N)=O)c1ccccc1. The van der Waals surface area contributed by atoms with Crippen LogP contribution >= 0.6 is 11.8 Å². The third kappa shape index (κ3) is 4.25. The van der Waals surface area contributed by atoms with Crippen molar-refractivity contribution in [2.75, 3.05) is 18.1 Å². The highest BCUT2D eigenvalue weighted by atomic mass is 32.2. The predicted octanol–water partition coefficient (Wildman–Crippen LogP) is 2.51. The van der Waals surface area contributed by atoms with E-state index in [1.807, 2.05) is 30.3 Å². The molecule has 0 saturated heterocycles. The average molecular weight is 280 g/mol. The molecule has 4 heteroatoms. The topological polar surface area (TPSA) is 55.1 Å². The van der Waals surface area contributed by atoms with E-state index in [1.165, 1.54) is 0 Å². The number of thioether (sulfide) groups is 1. The molecule has 1 amide bonds. The number of nitrogens with two attached hydrogens (primary N) is 1. The van der Waals surface area contributed by atoms with Crippen molar-refractivity contribution < 1.29 is 4.79 Å². The van der Waals surface area contributed by atoms with Crippen LogP contribution in [0.5, 0.6) is 0 Å². The van der Waals surface area contributed by atoms with Gasteiger partial charge in [0.05, 0.1) is 0 Å². The maximum atomic E-state index is 12.1. The second-order valence-corrected chi connectivity index (χ2v) is 5.72. The molecular weight excluding hydrogens is 256 g/mol. The third-order valence-electron chi connectivity index (χ3n) is 3.03. The highest BCUT2D eigenvalue weighted by molar-refractivity contribution is 7.99. The minimum absolute atomic E-state index is 0.296. The molecule has 1 unspecified atom stereocenters. The lowest BCUT2D eigenvalue weighted by atomic mass is 9.91. The largest absolute Gasteiger partial charge is 0.368 e. The molecule has 0 aliphatic heterocycles. The number of benzene rings is 1. The van der Waals surface area contributed by atoms with Crippen LogP contribution in [0.15, 0.2) is 30.3 Å². The summed E-state index contributed by atoms with van der Waals surface area (Å²) in [5, 5.41) is 3.36. The number of primary amides is 1. The fraction of sp³-hybridized carbons (Fsp3) is 0.533. The number of nitrogens with one attached hydrogen (secondary N) is 1. The van der Waals surface area contributed by atoms with Gasteiger partial charge in [-0.15, -0.1) is 0 Å². The Kier molecular flexibility index (Phi) is 6.95. The van der Waals surface area contributed by atoms with Gasteiger partial charge in [-0.3, -0.25) is 10.1 Å². The van der Waals surface area contributed by atoms with Crippen LogP contribution in [0.25, 0.3) is 0 Å². The first-order valence-corrected chi connectivity index (χ1v) is 8.01. The summed E-state index contributed by atoms with van der Waals surface area (Å²) in [5.41, 5.74) is 5.92. The third-order valence-corrected chi connectivity index (χ3v) is 4.37. The minimum atomic E-state index is -0.753. The Bertz CT molecular complexity index is 383. The summed E-state index contributed by atoms with van der Waals surface area (Å²) in [7, 11) is 0. The standard InChI is InChI=1S/C15H24N2OS/c1-3-10-17-15(14(16)18,12-19-11-4-2)13-8-6-5-7-9-13/h5-9,17H,3-4,10-12H2,1-2H3,(H2,16,18). The molecule has 106 valence electrons. The number of hydrogen-bond donors (Lipinski definition) is 2. The number of hydrogen-bond acceptors (Lipinski definition) is 3. The molecule has 0 saturated carbocycles. The Morgan fingerprint density at radius 2 is 1.95 bits per heavy atom. The van der Waals surface area contributed by atoms with Crippen LogP contribution in [0.2, 0.25) is 0 Å². The number of rotatable bonds is 9. The summed E-state index contributed by atoms with van der Waals surface area (Å²) >= 11 is 1.77. The van der Waals surface area contributed by atoms with Gasteiger partial charge in [0.25, 0.3) is 0 Å². The van der Waals surface area contributed by atoms with Gasteiger partial charge in [-0.2, -0.15) is 11.8 Å². The van der Waals surface area contributed by atoms with E-state index >= 15 is 0 Å². The fourth-order valence-electron chi connectivity index (χ4n) is 1.97. The average Bonchev–Trinajstić information content (AvgIpc) is 2.43. The Hall–Kier alpha value is -1.00. The highest BCUT2D eigenvalue weighted by Gasteiger charge is 2.37. The van der Waals surface area contributed by atoms with Crippen LogP contribution in [0.3, 0.4) is 0 Å². The summed E-state index contributed by atoms with van der Waals surface area (Å²) in [6.45, 7) is 5.01. The molecule has 3 nitrogen and oxygen atoms in total. The van der Waals surface area contributed by atoms with Crippen molar-refractivity contribution in [2.24, 2.45) is 5.73 Å². The number of carbonyl (C=O) groups excluding carboxylic acids is 1. The molecule has 1 aromatic rings. The van der Waals surface area contributed by atoms with Crippen molar-refractivity contribution in [2.45, 2.75) is 32.2 Å². The van der Waals surface area contributed by atoms with Crippen LogP contribution in [-0.2, 0) is 10.3 Å². The molecule has 0 heterocycles. The number of amides is 1. The second kappa shape index (κ2) is 8.23. The lowest BCUT2D eigenvalue weighted by Crippen LogP contribution is -2.55. The summed E-state index contributed by atoms with van der Waals surface area (Å²) < 4.78 is 0. The van der Waals surface area contributed by atoms with Crippen molar-refractivity contribution >= 4 is 17.7 Å². The Morgan fingerprint density at radius 1 is 1.26 bits per heavy atom. The first-order valence-electron chi connectivity index (χ1n) is 6.85. The van der Waals surface area contributed by atoms with Crippen LogP contribution in [0, 0.1) is 0 Å². The molecule has 0 spiro atoms. The van der Waals surface area contributed by atoms with Gasteiger partial charge in [-0.05, 0) is 30.7 Å². The molecule has 3 N–H and O–H groups in total. The van der Waals surface area contributed by atoms with Gasteiger partial charge in [0.15, 0.2) is 0 Å². The van der Waals surface area contributed by atoms with E-state index in [4.69, 9.17) is 5.73 Å². The first kappa shape index (κ1) is 16.1. The van der Waals surface area contributed by atoms with Crippen LogP contribution in [0.1, 0.15) is 32.3 Å². The molecule has 0 aromatic heterocycles. The van der Waals surface area contributed by atoms with Gasteiger partial charge in [0.1, 0.15) is 5.54 Å². The number of carbonyl (C=O) groups is 1. The zero-order valence-corrected chi connectivity index (χ0v) is 12.6. The maximum Gasteiger partial charge on any atom is 0.243 e. The molecule has 0 bridgehead atoms. The summed E-state index contributed by atoms with van der Waals surface area (Å²) in [5.74, 6) is 1.42. The van der Waals surface area contributed by atoms with Gasteiger partial charge in [0, 0.05) is 5.75 Å². The molecule has 0 aliphatic rings. The van der Waals surface area contributed by atoms with Gasteiger partial charge in [-0.25, -0.2) is 0 Å². The van der Waals surface area contributed by atoms with Crippen LogP contribution < -0.4 is 11.1 Å². The van der Waals surface area contributed by atoms with E-state index in [2.05, 4.69) is 19.2 Å². The molecule has 0 aliphatic carbocycles. The lowest BCUT2D eigenvalue weighted by Gasteiger charge is -2.32. The van der Waals surface area contributed by atoms with Crippen molar-refractivity contribution in [3.8, 4) is 0 Å². The molecule has 0 radical (unpaired) electrons. The predicted molar refractivity (Wildman–Crippen MR) is 83.2 cm³/mol. The Balaban J connectivity index is 3.00. The van der Waals surface area contributed by atoms with Gasteiger partial charge in [-0.1, -0.05) is 44.2 Å². The smallest absolute Gasteiger partial charge is 0.243 e. The van der Waals surface area contributed by atoms with E-state index in [0.29, 0.717) is 5.75 Å². The van der Waals surface area contributed by atoms with E-state index in [-0.39, 0.29) is 5.91 Å². The fourth-order valence-corrected chi connectivity index (χ4v) is 3.12. The quantitative estimate of drug-likeness (QED) is 0.683. The summed E-state index contributed by atoms with van der Waals surface area (Å²) in [4.78, 5) is 12.1. The van der Waals surface area contributed by atoms with Gasteiger partial charge < -0.3 is 5.73 Å².